The summed E-state index contributed by atoms with van der Waals surface area (Å²) in [4.78, 5) is 19.8. The third kappa shape index (κ3) is 5.13. The Hall–Kier alpha value is -3.22. The van der Waals surface area contributed by atoms with Crippen molar-refractivity contribution in [2.24, 2.45) is 0 Å². The van der Waals surface area contributed by atoms with Crippen LogP contribution in [0.2, 0.25) is 5.02 Å². The summed E-state index contributed by atoms with van der Waals surface area (Å²) >= 11 is 7.49. The third-order valence-corrected chi connectivity index (χ3v) is 6.76. The number of hydrogen-bond acceptors (Lipinski definition) is 5. The number of anilines is 2. The van der Waals surface area contributed by atoms with Crippen LogP contribution in [0.5, 0.6) is 0 Å². The van der Waals surface area contributed by atoms with Crippen molar-refractivity contribution in [2.45, 2.75) is 18.1 Å². The maximum Gasteiger partial charge on any atom is 0.257 e. The van der Waals surface area contributed by atoms with E-state index in [2.05, 4.69) is 10.2 Å². The molecule has 2 heterocycles. The average molecular weight is 490 g/mol. The van der Waals surface area contributed by atoms with Crippen LogP contribution in [0.3, 0.4) is 0 Å². The van der Waals surface area contributed by atoms with Crippen LogP contribution < -0.4 is 10.2 Å². The third-order valence-electron chi connectivity index (χ3n) is 5.70. The maximum absolute atomic E-state index is 12.8. The van der Waals surface area contributed by atoms with Gasteiger partial charge < -0.3 is 14.6 Å². The zero-order valence-electron chi connectivity index (χ0n) is 18.5. The first-order valence-electron chi connectivity index (χ1n) is 11.3. The second-order valence-electron chi connectivity index (χ2n) is 8.08. The standard InChI is InChI=1S/C27H24ClN3O2S/c28-21-13-14-23(31-15-7-8-16-31)22(17-21)29-24(32)18-34-27-30-25(19-9-3-1-4-10-19)26(33-27)20-11-5-2-6-12-20/h1-6,9-14,17H,7-8,15-16,18H2,(H,29,32). The van der Waals surface area contributed by atoms with Gasteiger partial charge in [-0.15, -0.1) is 0 Å². The number of thioether (sulfide) groups is 1. The number of benzene rings is 3. The zero-order chi connectivity index (χ0) is 23.3. The first kappa shape index (κ1) is 22.6. The summed E-state index contributed by atoms with van der Waals surface area (Å²) < 4.78 is 6.12. The SMILES string of the molecule is O=C(CSc1nc(-c2ccccc2)c(-c2ccccc2)o1)Nc1cc(Cl)ccc1N1CCCC1. The number of nitrogens with one attached hydrogen (secondary N) is 1. The minimum atomic E-state index is -0.131. The van der Waals surface area contributed by atoms with Gasteiger partial charge in [-0.1, -0.05) is 84.0 Å². The number of carbonyl (C=O) groups is 1. The van der Waals surface area contributed by atoms with Gasteiger partial charge in [0.2, 0.25) is 5.91 Å². The number of carbonyl (C=O) groups excluding carboxylic acids is 1. The fraction of sp³-hybridized carbons (Fsp3) is 0.185. The predicted octanol–water partition coefficient (Wildman–Crippen LogP) is 6.99. The second kappa shape index (κ2) is 10.4. The van der Waals surface area contributed by atoms with E-state index in [1.807, 2.05) is 78.9 Å². The molecule has 5 rings (SSSR count). The van der Waals surface area contributed by atoms with Gasteiger partial charge in [-0.3, -0.25) is 4.79 Å². The maximum atomic E-state index is 12.8. The summed E-state index contributed by atoms with van der Waals surface area (Å²) in [5.74, 6) is 0.740. The number of amides is 1. The van der Waals surface area contributed by atoms with Gasteiger partial charge in [-0.05, 0) is 31.0 Å². The lowest BCUT2D eigenvalue weighted by atomic mass is 10.1. The van der Waals surface area contributed by atoms with E-state index < -0.39 is 0 Å². The Morgan fingerprint density at radius 3 is 2.35 bits per heavy atom. The van der Waals surface area contributed by atoms with E-state index in [1.165, 1.54) is 11.8 Å². The highest BCUT2D eigenvalue weighted by Crippen LogP contribution is 2.36. The first-order valence-corrected chi connectivity index (χ1v) is 12.6. The number of aromatic nitrogens is 1. The van der Waals surface area contributed by atoms with Crippen LogP contribution in [0.4, 0.5) is 11.4 Å². The molecule has 4 aromatic rings. The molecule has 0 aliphatic carbocycles. The predicted molar refractivity (Wildman–Crippen MR) is 140 cm³/mol. The molecule has 1 fully saturated rings. The molecule has 5 nitrogen and oxygen atoms in total. The molecule has 0 spiro atoms. The Morgan fingerprint density at radius 2 is 1.65 bits per heavy atom. The van der Waals surface area contributed by atoms with Crippen molar-refractivity contribution in [3.05, 3.63) is 83.9 Å². The summed E-state index contributed by atoms with van der Waals surface area (Å²) in [6, 6.07) is 25.5. The molecular formula is C27H24ClN3O2S. The summed E-state index contributed by atoms with van der Waals surface area (Å²) in [6.07, 6.45) is 2.31. The Balaban J connectivity index is 1.33. The first-order chi connectivity index (χ1) is 16.7. The molecule has 0 saturated carbocycles. The topological polar surface area (TPSA) is 58.4 Å². The quantitative estimate of drug-likeness (QED) is 0.283. The molecule has 0 atom stereocenters. The Labute approximate surface area is 208 Å². The van der Waals surface area contributed by atoms with Gasteiger partial charge in [0.25, 0.3) is 5.22 Å². The highest BCUT2D eigenvalue weighted by atomic mass is 35.5. The normalized spacial score (nSPS) is 13.3. The van der Waals surface area contributed by atoms with Crippen molar-refractivity contribution < 1.29 is 9.21 Å². The van der Waals surface area contributed by atoms with Gasteiger partial charge in [-0.25, -0.2) is 4.98 Å². The van der Waals surface area contributed by atoms with Gasteiger partial charge >= 0.3 is 0 Å². The van der Waals surface area contributed by atoms with Crippen molar-refractivity contribution in [2.75, 3.05) is 29.1 Å². The molecule has 34 heavy (non-hydrogen) atoms. The smallest absolute Gasteiger partial charge is 0.257 e. The van der Waals surface area contributed by atoms with Crippen molar-refractivity contribution in [3.63, 3.8) is 0 Å². The molecule has 3 aromatic carbocycles. The van der Waals surface area contributed by atoms with Crippen LogP contribution in [0.15, 0.2) is 88.5 Å². The van der Waals surface area contributed by atoms with Crippen molar-refractivity contribution in [1.29, 1.82) is 0 Å². The molecule has 1 aliphatic heterocycles. The van der Waals surface area contributed by atoms with Crippen molar-refractivity contribution >= 4 is 40.6 Å². The second-order valence-corrected chi connectivity index (χ2v) is 9.45. The zero-order valence-corrected chi connectivity index (χ0v) is 20.1. The lowest BCUT2D eigenvalue weighted by Crippen LogP contribution is -2.21. The van der Waals surface area contributed by atoms with Gasteiger partial charge in [0.1, 0.15) is 5.69 Å². The van der Waals surface area contributed by atoms with E-state index in [1.54, 1.807) is 0 Å². The monoisotopic (exact) mass is 489 g/mol. The number of oxazole rings is 1. The van der Waals surface area contributed by atoms with E-state index >= 15 is 0 Å². The highest BCUT2D eigenvalue weighted by Gasteiger charge is 2.20. The Bertz CT molecular complexity index is 1210. The largest absolute Gasteiger partial charge is 0.431 e. The molecule has 1 amide bonds. The van der Waals surface area contributed by atoms with E-state index in [-0.39, 0.29) is 11.7 Å². The summed E-state index contributed by atoms with van der Waals surface area (Å²) in [5, 5.41) is 4.08. The molecule has 0 bridgehead atoms. The van der Waals surface area contributed by atoms with E-state index in [9.17, 15) is 4.79 Å². The van der Waals surface area contributed by atoms with Crippen LogP contribution in [0.1, 0.15) is 12.8 Å². The van der Waals surface area contributed by atoms with Crippen molar-refractivity contribution in [3.8, 4) is 22.6 Å². The van der Waals surface area contributed by atoms with Crippen LogP contribution >= 0.6 is 23.4 Å². The number of halogens is 1. The fourth-order valence-corrected chi connectivity index (χ4v) is 4.89. The number of hydrogen-bond donors (Lipinski definition) is 1. The molecular weight excluding hydrogens is 466 g/mol. The molecule has 7 heteroatoms. The molecule has 172 valence electrons. The van der Waals surface area contributed by atoms with Crippen LogP contribution in [-0.4, -0.2) is 29.7 Å². The average Bonchev–Trinajstić information content (AvgIpc) is 3.55. The van der Waals surface area contributed by atoms with Crippen LogP contribution in [-0.2, 0) is 4.79 Å². The lowest BCUT2D eigenvalue weighted by molar-refractivity contribution is -0.113. The molecule has 0 unspecified atom stereocenters. The van der Waals surface area contributed by atoms with Gasteiger partial charge in [0, 0.05) is 29.2 Å². The highest BCUT2D eigenvalue weighted by molar-refractivity contribution is 7.99. The molecule has 1 saturated heterocycles. The summed E-state index contributed by atoms with van der Waals surface area (Å²) in [5.41, 5.74) is 4.42. The Kier molecular flexibility index (Phi) is 6.88. The molecule has 1 N–H and O–H groups in total. The minimum absolute atomic E-state index is 0.131. The van der Waals surface area contributed by atoms with Gasteiger partial charge in [0.05, 0.1) is 17.1 Å². The van der Waals surface area contributed by atoms with Crippen molar-refractivity contribution in [1.82, 2.24) is 4.98 Å². The number of rotatable bonds is 7. The van der Waals surface area contributed by atoms with Gasteiger partial charge in [0.15, 0.2) is 5.76 Å². The van der Waals surface area contributed by atoms with E-state index in [0.29, 0.717) is 16.0 Å². The molecule has 1 aliphatic rings. The van der Waals surface area contributed by atoms with E-state index in [4.69, 9.17) is 21.0 Å². The molecule has 0 radical (unpaired) electrons. The summed E-state index contributed by atoms with van der Waals surface area (Å²) in [6.45, 7) is 1.97. The van der Waals surface area contributed by atoms with Crippen LogP contribution in [0, 0.1) is 0 Å². The Morgan fingerprint density at radius 1 is 0.971 bits per heavy atom. The fourth-order valence-electron chi connectivity index (χ4n) is 4.09. The van der Waals surface area contributed by atoms with E-state index in [0.717, 1.165) is 54.1 Å². The number of nitrogens with zero attached hydrogens (tertiary/aromatic N) is 2. The molecule has 1 aromatic heterocycles. The lowest BCUT2D eigenvalue weighted by Gasteiger charge is -2.21. The van der Waals surface area contributed by atoms with Crippen LogP contribution in [0.25, 0.3) is 22.6 Å². The van der Waals surface area contributed by atoms with Gasteiger partial charge in [-0.2, -0.15) is 0 Å². The summed E-state index contributed by atoms with van der Waals surface area (Å²) in [7, 11) is 0. The minimum Gasteiger partial charge on any atom is -0.431 e.